The van der Waals surface area contributed by atoms with Gasteiger partial charge in [-0.05, 0) is 84.9 Å². The van der Waals surface area contributed by atoms with Crippen LogP contribution in [0.1, 0.15) is 91.4 Å². The van der Waals surface area contributed by atoms with Crippen molar-refractivity contribution >= 4 is 46.9 Å². The van der Waals surface area contributed by atoms with Gasteiger partial charge in [0.15, 0.2) is 8.32 Å². The predicted octanol–water partition coefficient (Wildman–Crippen LogP) is 7.06. The highest BCUT2D eigenvalue weighted by atomic mass is 28.4. The number of aldehydes is 1. The van der Waals surface area contributed by atoms with Gasteiger partial charge in [0.05, 0.1) is 34.4 Å². The monoisotopic (exact) mass is 833 g/mol. The Kier molecular flexibility index (Phi) is 30.3. The first kappa shape index (κ1) is 53.0. The van der Waals surface area contributed by atoms with E-state index in [1.54, 1.807) is 6.92 Å². The van der Waals surface area contributed by atoms with Gasteiger partial charge >= 0.3 is 24.2 Å². The average Bonchev–Trinajstić information content (AvgIpc) is 3.12. The molecule has 0 saturated heterocycles. The number of esters is 1. The molecule has 0 spiro atoms. The molecule has 0 aromatic rings. The molecule has 0 aliphatic carbocycles. The Morgan fingerprint density at radius 1 is 0.571 bits per heavy atom. The van der Waals surface area contributed by atoms with Crippen molar-refractivity contribution in [1.82, 2.24) is 16.0 Å². The minimum absolute atomic E-state index is 0.0519. The fraction of sp³-hybridized carbons (Fsp3) is 0.821. The molecule has 17 heteroatoms. The van der Waals surface area contributed by atoms with Crippen LogP contribution in [0.15, 0.2) is 12.2 Å². The van der Waals surface area contributed by atoms with Crippen LogP contribution in [0, 0.1) is 0 Å². The summed E-state index contributed by atoms with van der Waals surface area (Å²) in [5.74, 6) is -0.494. The van der Waals surface area contributed by atoms with Crippen molar-refractivity contribution < 1.29 is 56.8 Å². The molecule has 0 heterocycles. The number of nitrogens with one attached hydrogen (secondary N) is 3. The van der Waals surface area contributed by atoms with E-state index >= 15 is 0 Å². The van der Waals surface area contributed by atoms with Crippen LogP contribution in [-0.2, 0) is 42.4 Å². The summed E-state index contributed by atoms with van der Waals surface area (Å²) in [5, 5.41) is 7.78. The number of hydrogen-bond acceptors (Lipinski definition) is 12. The van der Waals surface area contributed by atoms with Crippen molar-refractivity contribution in [1.29, 1.82) is 0 Å². The maximum atomic E-state index is 11.9. The summed E-state index contributed by atoms with van der Waals surface area (Å²) in [5.41, 5.74) is 0.306. The molecule has 0 aliphatic rings. The van der Waals surface area contributed by atoms with E-state index < -0.39 is 34.5 Å². The second-order valence-electron chi connectivity index (χ2n) is 15.6. The molecular weight excluding hydrogens is 759 g/mol. The molecule has 56 heavy (non-hydrogen) atoms. The number of alkyl carbamates (subject to hydrolysis) is 3. The maximum absolute atomic E-state index is 11.9. The summed E-state index contributed by atoms with van der Waals surface area (Å²) >= 11 is 0. The number of amides is 3. The average molecular weight is 834 g/mol. The maximum Gasteiger partial charge on any atom is 0.407 e. The van der Waals surface area contributed by atoms with E-state index in [1.165, 1.54) is 0 Å². The molecule has 15 nitrogen and oxygen atoms in total. The molecule has 0 aliphatic heterocycles. The van der Waals surface area contributed by atoms with Gasteiger partial charge in [-0.2, -0.15) is 0 Å². The molecule has 0 fully saturated rings. The molecule has 0 saturated carbocycles. The third kappa shape index (κ3) is 30.2. The predicted molar refractivity (Wildman–Crippen MR) is 222 cm³/mol. The second kappa shape index (κ2) is 32.0. The van der Waals surface area contributed by atoms with Crippen LogP contribution in [0.5, 0.6) is 0 Å². The van der Waals surface area contributed by atoms with Gasteiger partial charge in [-0.3, -0.25) is 0 Å². The lowest BCUT2D eigenvalue weighted by atomic mass is 10.2. The van der Waals surface area contributed by atoms with Gasteiger partial charge in [-0.15, -0.1) is 0 Å². The molecule has 326 valence electrons. The van der Waals surface area contributed by atoms with E-state index in [0.717, 1.165) is 89.5 Å². The zero-order valence-electron chi connectivity index (χ0n) is 35.7. The number of rotatable bonds is 35. The number of hydrogen-bond donors (Lipinski definition) is 3. The van der Waals surface area contributed by atoms with Gasteiger partial charge in [-0.1, -0.05) is 45.0 Å². The van der Waals surface area contributed by atoms with E-state index in [2.05, 4.69) is 62.6 Å². The summed E-state index contributed by atoms with van der Waals surface area (Å²) in [4.78, 5) is 56.5. The van der Waals surface area contributed by atoms with Crippen LogP contribution < -0.4 is 16.0 Å². The molecule has 0 aromatic carbocycles. The van der Waals surface area contributed by atoms with Crippen LogP contribution in [0.4, 0.5) is 14.4 Å². The summed E-state index contributed by atoms with van der Waals surface area (Å²) in [6.07, 6.45) is 8.69. The topological polar surface area (TPSA) is 186 Å². The number of unbranched alkanes of at least 4 members (excludes halogenated alkanes) is 6. The van der Waals surface area contributed by atoms with Crippen molar-refractivity contribution in [2.24, 2.45) is 0 Å². The SMILES string of the molecule is C=C(C)C(=O)OCCNC(=O)OCCOCCC[Si](C)(C)OC(C)(C)[Si](C)(C)CCCOCCCCCCOC(=O)NCCCCCCNC(=O)OCCC=O. The lowest BCUT2D eigenvalue weighted by Crippen LogP contribution is -2.56. The van der Waals surface area contributed by atoms with E-state index in [1.807, 2.05) is 0 Å². The lowest BCUT2D eigenvalue weighted by Gasteiger charge is -2.45. The Labute approximate surface area is 338 Å². The molecule has 0 aromatic heterocycles. The molecule has 0 bridgehead atoms. The smallest absolute Gasteiger partial charge is 0.407 e. The molecule has 0 radical (unpaired) electrons. The van der Waals surface area contributed by atoms with Crippen LogP contribution in [-0.4, -0.2) is 125 Å². The van der Waals surface area contributed by atoms with Gasteiger partial charge < -0.3 is 53.6 Å². The third-order valence-corrected chi connectivity index (χ3v) is 17.1. The second-order valence-corrected chi connectivity index (χ2v) is 25.3. The zero-order valence-corrected chi connectivity index (χ0v) is 37.7. The van der Waals surface area contributed by atoms with Crippen LogP contribution in [0.2, 0.25) is 38.3 Å². The summed E-state index contributed by atoms with van der Waals surface area (Å²) in [6, 6.07) is 2.10. The Balaban J connectivity index is 3.84. The Morgan fingerprint density at radius 3 is 1.64 bits per heavy atom. The first-order chi connectivity index (χ1) is 26.5. The van der Waals surface area contributed by atoms with Crippen LogP contribution in [0.25, 0.3) is 0 Å². The summed E-state index contributed by atoms with van der Waals surface area (Å²) in [7, 11) is -3.66. The van der Waals surface area contributed by atoms with Crippen molar-refractivity contribution in [2.75, 3.05) is 72.5 Å². The van der Waals surface area contributed by atoms with E-state index in [-0.39, 0.29) is 44.1 Å². The molecule has 3 N–H and O–H groups in total. The number of carbonyl (C=O) groups excluding carboxylic acids is 5. The summed E-state index contributed by atoms with van der Waals surface area (Å²) < 4.78 is 38.6. The fourth-order valence-corrected chi connectivity index (χ4v) is 11.4. The number of ether oxygens (including phenoxy) is 6. The third-order valence-electron chi connectivity index (χ3n) is 9.26. The van der Waals surface area contributed by atoms with E-state index in [0.29, 0.717) is 44.8 Å². The van der Waals surface area contributed by atoms with Gasteiger partial charge in [0.1, 0.15) is 19.5 Å². The quantitative estimate of drug-likeness (QED) is 0.0148. The van der Waals surface area contributed by atoms with Crippen molar-refractivity contribution in [2.45, 2.75) is 135 Å². The van der Waals surface area contributed by atoms with Crippen molar-refractivity contribution in [3.05, 3.63) is 12.2 Å². The first-order valence-corrected chi connectivity index (χ1v) is 26.7. The summed E-state index contributed by atoms with van der Waals surface area (Å²) in [6.45, 7) is 23.2. The van der Waals surface area contributed by atoms with Gasteiger partial charge in [0.2, 0.25) is 0 Å². The molecule has 0 rings (SSSR count). The van der Waals surface area contributed by atoms with Gasteiger partial charge in [-0.25, -0.2) is 19.2 Å². The van der Waals surface area contributed by atoms with Gasteiger partial charge in [0, 0.05) is 50.1 Å². The van der Waals surface area contributed by atoms with E-state index in [9.17, 15) is 24.0 Å². The zero-order chi connectivity index (χ0) is 42.1. The van der Waals surface area contributed by atoms with Gasteiger partial charge in [0.25, 0.3) is 0 Å². The number of carbonyl (C=O) groups is 5. The Hall–Kier alpha value is -3.00. The normalized spacial score (nSPS) is 11.7. The molecule has 0 atom stereocenters. The largest absolute Gasteiger partial charge is 0.460 e. The fourth-order valence-electron chi connectivity index (χ4n) is 5.38. The van der Waals surface area contributed by atoms with Crippen LogP contribution in [0.3, 0.4) is 0 Å². The Morgan fingerprint density at radius 2 is 1.05 bits per heavy atom. The first-order valence-electron chi connectivity index (χ1n) is 20.4. The van der Waals surface area contributed by atoms with Crippen molar-refractivity contribution in [3.8, 4) is 0 Å². The van der Waals surface area contributed by atoms with E-state index in [4.69, 9.17) is 32.8 Å². The minimum atomic E-state index is -1.94. The van der Waals surface area contributed by atoms with Crippen LogP contribution >= 0.6 is 0 Å². The standard InChI is InChI=1S/C39H75N3O12Si2/c1-34(2)35(44)50-29-22-42-38(47)53-31-30-49-26-19-33-56(7,8)54-39(3,4)55(5,6)32-18-25-48-24-15-11-12-16-27-51-36(45)40-20-13-9-10-14-21-41-37(46)52-28-17-23-43/h23H,1,9-22,24-33H2,2-8H3,(H,40,45)(H,41,46)(H,42,47). The molecule has 0 unspecified atom stereocenters. The van der Waals surface area contributed by atoms with Crippen molar-refractivity contribution in [3.63, 3.8) is 0 Å². The Bertz CT molecular complexity index is 1120. The highest BCUT2D eigenvalue weighted by Gasteiger charge is 2.43. The lowest BCUT2D eigenvalue weighted by molar-refractivity contribution is -0.138. The minimum Gasteiger partial charge on any atom is -0.460 e. The molecular formula is C39H75N3O12Si2. The molecule has 3 amide bonds. The highest BCUT2D eigenvalue weighted by Crippen LogP contribution is 2.33. The highest BCUT2D eigenvalue weighted by molar-refractivity contribution is 6.81.